The van der Waals surface area contributed by atoms with Crippen LogP contribution >= 0.6 is 0 Å². The maximum Gasteiger partial charge on any atom is 0.306 e. The summed E-state index contributed by atoms with van der Waals surface area (Å²) < 4.78 is 10.3. The first kappa shape index (κ1) is 25.6. The van der Waals surface area contributed by atoms with Crippen molar-refractivity contribution in [1.29, 1.82) is 0 Å². The average molecular weight is 361 g/mol. The van der Waals surface area contributed by atoms with Crippen molar-refractivity contribution in [2.24, 2.45) is 0 Å². The molecule has 7 heteroatoms. The first-order chi connectivity index (χ1) is 11.1. The maximum absolute atomic E-state index is 11.7. The van der Waals surface area contributed by atoms with Gasteiger partial charge in [-0.3, -0.25) is 19.7 Å². The van der Waals surface area contributed by atoms with Gasteiger partial charge < -0.3 is 9.47 Å². The zero-order chi connectivity index (χ0) is 20.5. The fourth-order valence-electron chi connectivity index (χ4n) is 1.84. The molecule has 0 radical (unpaired) electrons. The predicted molar refractivity (Wildman–Crippen MR) is 96.9 cm³/mol. The van der Waals surface area contributed by atoms with Gasteiger partial charge in [0.1, 0.15) is 11.2 Å². The van der Waals surface area contributed by atoms with Crippen LogP contribution in [-0.2, 0) is 19.1 Å². The molecule has 25 heavy (non-hydrogen) atoms. The second-order valence-corrected chi connectivity index (χ2v) is 7.93. The lowest BCUT2D eigenvalue weighted by Crippen LogP contribution is -2.37. The van der Waals surface area contributed by atoms with Crippen LogP contribution < -0.4 is 0 Å². The number of hydrogen-bond acceptors (Lipinski definition) is 6. The summed E-state index contributed by atoms with van der Waals surface area (Å²) in [4.78, 5) is 34.3. The molecule has 0 aliphatic heterocycles. The molecule has 148 valence electrons. The Morgan fingerprint density at radius 2 is 1.08 bits per heavy atom. The normalized spacial score (nSPS) is 11.9. The van der Waals surface area contributed by atoms with Crippen LogP contribution in [0.3, 0.4) is 0 Å². The van der Waals surface area contributed by atoms with E-state index in [0.29, 0.717) is 0 Å². The van der Waals surface area contributed by atoms with E-state index >= 15 is 0 Å². The van der Waals surface area contributed by atoms with Crippen molar-refractivity contribution in [3.63, 3.8) is 0 Å². The highest BCUT2D eigenvalue weighted by molar-refractivity contribution is 5.70. The highest BCUT2D eigenvalue weighted by Crippen LogP contribution is 2.25. The lowest BCUT2D eigenvalue weighted by atomic mass is 9.91. The summed E-state index contributed by atoms with van der Waals surface area (Å²) in [5.74, 6) is -0.967. The minimum absolute atomic E-state index is 0.0116. The largest absolute Gasteiger partial charge is 0.460 e. The summed E-state index contributed by atoms with van der Waals surface area (Å²) in [5.41, 5.74) is -2.62. The third-order valence-electron chi connectivity index (χ3n) is 3.02. The topological polar surface area (TPSA) is 95.7 Å². The van der Waals surface area contributed by atoms with Crippen molar-refractivity contribution in [2.75, 3.05) is 0 Å². The van der Waals surface area contributed by atoms with Gasteiger partial charge in [0.2, 0.25) is 5.54 Å². The van der Waals surface area contributed by atoms with Crippen LogP contribution in [0.25, 0.3) is 0 Å². The Bertz CT molecular complexity index is 413. The van der Waals surface area contributed by atoms with E-state index in [-0.39, 0.29) is 25.7 Å². The molecule has 7 nitrogen and oxygen atoms in total. The van der Waals surface area contributed by atoms with E-state index in [4.69, 9.17) is 9.47 Å². The van der Waals surface area contributed by atoms with Crippen LogP contribution in [0.2, 0.25) is 0 Å². The summed E-state index contributed by atoms with van der Waals surface area (Å²) in [6.45, 7) is 15.8. The molecule has 0 aliphatic rings. The van der Waals surface area contributed by atoms with Crippen LogP contribution in [0.5, 0.6) is 0 Å². The quantitative estimate of drug-likeness (QED) is 0.381. The van der Waals surface area contributed by atoms with Gasteiger partial charge in [-0.25, -0.2) is 0 Å². The van der Waals surface area contributed by atoms with Crippen LogP contribution in [0.1, 0.15) is 88.0 Å². The summed E-state index contributed by atoms with van der Waals surface area (Å²) in [6, 6.07) is 0. The zero-order valence-corrected chi connectivity index (χ0v) is 17.2. The van der Waals surface area contributed by atoms with Crippen LogP contribution in [-0.4, -0.2) is 33.6 Å². The summed E-state index contributed by atoms with van der Waals surface area (Å²) in [5, 5.41) is 11.3. The molecule has 0 spiro atoms. The van der Waals surface area contributed by atoms with E-state index in [1.807, 2.05) is 13.8 Å². The number of carbonyl (C=O) groups excluding carboxylic acids is 2. The first-order valence-electron chi connectivity index (χ1n) is 8.73. The van der Waals surface area contributed by atoms with Gasteiger partial charge >= 0.3 is 11.9 Å². The summed E-state index contributed by atoms with van der Waals surface area (Å²) >= 11 is 0. The monoisotopic (exact) mass is 361 g/mol. The summed E-state index contributed by atoms with van der Waals surface area (Å²) in [6.07, 6.45) is -0.110. The van der Waals surface area contributed by atoms with Crippen molar-refractivity contribution >= 4 is 11.9 Å². The van der Waals surface area contributed by atoms with E-state index in [0.717, 1.165) is 0 Å². The second-order valence-electron chi connectivity index (χ2n) is 7.93. The number of nitrogens with zero attached hydrogens (tertiary/aromatic N) is 1. The number of carbonyl (C=O) groups is 2. The van der Waals surface area contributed by atoms with Crippen LogP contribution in [0.4, 0.5) is 0 Å². The molecular weight excluding hydrogens is 326 g/mol. The van der Waals surface area contributed by atoms with Crippen molar-refractivity contribution in [1.82, 2.24) is 0 Å². The van der Waals surface area contributed by atoms with Gasteiger partial charge in [0.05, 0.1) is 12.8 Å². The van der Waals surface area contributed by atoms with Gasteiger partial charge in [-0.05, 0) is 41.5 Å². The Balaban J connectivity index is 0. The van der Waals surface area contributed by atoms with Gasteiger partial charge in [-0.15, -0.1) is 0 Å². The van der Waals surface area contributed by atoms with Crippen molar-refractivity contribution in [3.05, 3.63) is 10.1 Å². The lowest BCUT2D eigenvalue weighted by Gasteiger charge is -2.24. The number of ether oxygens (including phenoxy) is 2. The Labute approximate surface area is 151 Å². The predicted octanol–water partition coefficient (Wildman–Crippen LogP) is 4.29. The van der Waals surface area contributed by atoms with Crippen LogP contribution in [0, 0.1) is 10.1 Å². The molecule has 0 rings (SSSR count). The minimum atomic E-state index is -1.37. The van der Waals surface area contributed by atoms with Gasteiger partial charge in [-0.1, -0.05) is 13.8 Å². The standard InChI is InChI=1S/C16H29NO6.C2H6/c1-14(2,3)22-12(18)8-10-16(7,17(20)21)11-9-13(19)23-15(4,5)6;1-2/h8-11H2,1-7H3;1-2H3. The molecule has 0 aromatic rings. The first-order valence-corrected chi connectivity index (χ1v) is 8.73. The highest BCUT2D eigenvalue weighted by Gasteiger charge is 2.38. The van der Waals surface area contributed by atoms with Crippen molar-refractivity contribution in [2.45, 2.75) is 105 Å². The molecule has 0 heterocycles. The fourth-order valence-corrected chi connectivity index (χ4v) is 1.84. The Hall–Kier alpha value is -1.66. The maximum atomic E-state index is 11.7. The molecule has 0 unspecified atom stereocenters. The van der Waals surface area contributed by atoms with Crippen molar-refractivity contribution < 1.29 is 24.0 Å². The molecule has 0 aromatic heterocycles. The Kier molecular flexibility index (Phi) is 10.6. The van der Waals surface area contributed by atoms with E-state index in [1.165, 1.54) is 6.92 Å². The fraction of sp³-hybridized carbons (Fsp3) is 0.889. The number of nitro groups is 1. The van der Waals surface area contributed by atoms with Crippen molar-refractivity contribution in [3.8, 4) is 0 Å². The Morgan fingerprint density at radius 1 is 0.800 bits per heavy atom. The zero-order valence-electron chi connectivity index (χ0n) is 17.2. The number of esters is 2. The molecule has 0 aliphatic carbocycles. The third-order valence-corrected chi connectivity index (χ3v) is 3.02. The summed E-state index contributed by atoms with van der Waals surface area (Å²) in [7, 11) is 0. The molecule has 0 amide bonds. The van der Waals surface area contributed by atoms with Gasteiger partial charge in [0.15, 0.2) is 0 Å². The molecule has 0 N–H and O–H groups in total. The number of rotatable bonds is 7. The Morgan fingerprint density at radius 3 is 1.28 bits per heavy atom. The lowest BCUT2D eigenvalue weighted by molar-refractivity contribution is -0.567. The van der Waals surface area contributed by atoms with Crippen LogP contribution in [0.15, 0.2) is 0 Å². The third kappa shape index (κ3) is 13.3. The molecule has 0 saturated carbocycles. The van der Waals surface area contributed by atoms with E-state index in [9.17, 15) is 19.7 Å². The number of hydrogen-bond donors (Lipinski definition) is 0. The molecule has 0 saturated heterocycles. The molecule has 0 fully saturated rings. The second kappa shape index (κ2) is 10.4. The highest BCUT2D eigenvalue weighted by atomic mass is 16.6. The van der Waals surface area contributed by atoms with Gasteiger partial charge in [0.25, 0.3) is 0 Å². The van der Waals surface area contributed by atoms with Gasteiger partial charge in [0, 0.05) is 24.7 Å². The van der Waals surface area contributed by atoms with Gasteiger partial charge in [-0.2, -0.15) is 0 Å². The molecule has 0 aromatic carbocycles. The minimum Gasteiger partial charge on any atom is -0.460 e. The van der Waals surface area contributed by atoms with E-state index < -0.39 is 33.6 Å². The molecule has 0 atom stereocenters. The van der Waals surface area contributed by atoms with E-state index in [1.54, 1.807) is 41.5 Å². The smallest absolute Gasteiger partial charge is 0.306 e. The molecule has 0 bridgehead atoms. The van der Waals surface area contributed by atoms with E-state index in [2.05, 4.69) is 0 Å². The average Bonchev–Trinajstić information content (AvgIpc) is 2.41. The SMILES string of the molecule is CC.CC(C)(C)OC(=O)CCC(C)(CCC(=O)OC(C)(C)C)[N+](=O)[O-]. The molecular formula is C18H35NO6.